The van der Waals surface area contributed by atoms with E-state index in [-0.39, 0.29) is 28.9 Å². The van der Waals surface area contributed by atoms with Gasteiger partial charge in [0.15, 0.2) is 0 Å². The standard InChI is InChI=1S/C11H14F3N3O2S/c12-11(13,14)10-5-9(8(15)6-16-10)17-7-1-3-20(18,19)4-2-7/h5-7H,1-4,15H2,(H,16,17). The average Bonchev–Trinajstić information content (AvgIpc) is 2.33. The van der Waals surface area contributed by atoms with Crippen molar-refractivity contribution >= 4 is 21.2 Å². The third-order valence-corrected chi connectivity index (χ3v) is 4.85. The molecular weight excluding hydrogens is 295 g/mol. The maximum Gasteiger partial charge on any atom is 0.433 e. The lowest BCUT2D eigenvalue weighted by atomic mass is 10.1. The molecule has 0 atom stereocenters. The van der Waals surface area contributed by atoms with Crippen LogP contribution in [-0.2, 0) is 16.0 Å². The summed E-state index contributed by atoms with van der Waals surface area (Å²) in [5, 5.41) is 2.87. The predicted octanol–water partition coefficient (Wildman–Crippen LogP) is 1.67. The largest absolute Gasteiger partial charge is 0.433 e. The number of pyridine rings is 1. The van der Waals surface area contributed by atoms with E-state index in [1.165, 1.54) is 0 Å². The Morgan fingerprint density at radius 2 is 1.90 bits per heavy atom. The maximum atomic E-state index is 12.6. The van der Waals surface area contributed by atoms with Crippen molar-refractivity contribution < 1.29 is 21.6 Å². The zero-order chi connectivity index (χ0) is 15.0. The van der Waals surface area contributed by atoms with Crippen LogP contribution in [-0.4, -0.2) is 30.9 Å². The van der Waals surface area contributed by atoms with Gasteiger partial charge in [0.2, 0.25) is 0 Å². The van der Waals surface area contributed by atoms with E-state index >= 15 is 0 Å². The first-order chi connectivity index (χ1) is 9.17. The minimum Gasteiger partial charge on any atom is -0.396 e. The summed E-state index contributed by atoms with van der Waals surface area (Å²) >= 11 is 0. The molecule has 0 spiro atoms. The van der Waals surface area contributed by atoms with Gasteiger partial charge in [0.25, 0.3) is 0 Å². The van der Waals surface area contributed by atoms with E-state index in [1.54, 1.807) is 0 Å². The van der Waals surface area contributed by atoms with Crippen LogP contribution in [0.15, 0.2) is 12.3 Å². The Bertz CT molecular complexity index is 587. The van der Waals surface area contributed by atoms with Crippen LogP contribution in [0.4, 0.5) is 24.5 Å². The number of hydrogen-bond donors (Lipinski definition) is 2. The zero-order valence-corrected chi connectivity index (χ0v) is 11.3. The Balaban J connectivity index is 2.13. The van der Waals surface area contributed by atoms with Crippen molar-refractivity contribution in [2.24, 2.45) is 0 Å². The van der Waals surface area contributed by atoms with Gasteiger partial charge >= 0.3 is 6.18 Å². The van der Waals surface area contributed by atoms with Gasteiger partial charge in [0, 0.05) is 6.04 Å². The highest BCUT2D eigenvalue weighted by Gasteiger charge is 2.33. The third-order valence-electron chi connectivity index (χ3n) is 3.14. The Kier molecular flexibility index (Phi) is 3.81. The minimum absolute atomic E-state index is 0.0295. The number of hydrogen-bond acceptors (Lipinski definition) is 5. The Morgan fingerprint density at radius 1 is 1.30 bits per heavy atom. The van der Waals surface area contributed by atoms with Gasteiger partial charge in [-0.2, -0.15) is 13.2 Å². The molecule has 0 bridgehead atoms. The lowest BCUT2D eigenvalue weighted by Crippen LogP contribution is -2.32. The second-order valence-corrected chi connectivity index (χ2v) is 7.03. The minimum atomic E-state index is -4.54. The highest BCUT2D eigenvalue weighted by Crippen LogP contribution is 2.31. The van der Waals surface area contributed by atoms with Crippen molar-refractivity contribution in [3.05, 3.63) is 18.0 Å². The lowest BCUT2D eigenvalue weighted by molar-refractivity contribution is -0.141. The molecule has 0 amide bonds. The monoisotopic (exact) mass is 309 g/mol. The summed E-state index contributed by atoms with van der Waals surface area (Å²) in [6.07, 6.45) is -2.89. The molecule has 0 saturated carbocycles. The molecule has 1 aliphatic rings. The molecule has 0 unspecified atom stereocenters. The quantitative estimate of drug-likeness (QED) is 0.868. The summed E-state index contributed by atoms with van der Waals surface area (Å²) in [7, 11) is -3.01. The molecule has 3 N–H and O–H groups in total. The SMILES string of the molecule is Nc1cnc(C(F)(F)F)cc1NC1CCS(=O)(=O)CC1. The Morgan fingerprint density at radius 3 is 2.45 bits per heavy atom. The summed E-state index contributed by atoms with van der Waals surface area (Å²) in [6, 6.07) is 0.641. The van der Waals surface area contributed by atoms with Crippen LogP contribution >= 0.6 is 0 Å². The summed E-state index contributed by atoms with van der Waals surface area (Å²) in [5.74, 6) is 0.0591. The second-order valence-electron chi connectivity index (χ2n) is 4.72. The molecule has 1 saturated heterocycles. The van der Waals surface area contributed by atoms with Gasteiger partial charge in [-0.05, 0) is 18.9 Å². The van der Waals surface area contributed by atoms with Crippen molar-refractivity contribution in [2.45, 2.75) is 25.1 Å². The molecule has 9 heteroatoms. The zero-order valence-electron chi connectivity index (χ0n) is 10.4. The lowest BCUT2D eigenvalue weighted by Gasteiger charge is -2.25. The molecule has 1 aromatic heterocycles. The van der Waals surface area contributed by atoms with Crippen LogP contribution in [0.5, 0.6) is 0 Å². The van der Waals surface area contributed by atoms with Crippen molar-refractivity contribution in [1.29, 1.82) is 0 Å². The van der Waals surface area contributed by atoms with Crippen molar-refractivity contribution in [1.82, 2.24) is 4.98 Å². The topological polar surface area (TPSA) is 85.1 Å². The second kappa shape index (κ2) is 5.12. The van der Waals surface area contributed by atoms with E-state index in [4.69, 9.17) is 5.73 Å². The molecular formula is C11H14F3N3O2S. The van der Waals surface area contributed by atoms with Gasteiger partial charge in [0.1, 0.15) is 15.5 Å². The van der Waals surface area contributed by atoms with E-state index in [0.717, 1.165) is 12.3 Å². The summed E-state index contributed by atoms with van der Waals surface area (Å²) in [4.78, 5) is 3.24. The molecule has 2 heterocycles. The molecule has 112 valence electrons. The van der Waals surface area contributed by atoms with Gasteiger partial charge in [-0.15, -0.1) is 0 Å². The van der Waals surface area contributed by atoms with Crippen LogP contribution in [0.3, 0.4) is 0 Å². The van der Waals surface area contributed by atoms with Crippen LogP contribution < -0.4 is 11.1 Å². The first-order valence-corrected chi connectivity index (χ1v) is 7.79. The summed E-state index contributed by atoms with van der Waals surface area (Å²) in [6.45, 7) is 0. The molecule has 2 rings (SSSR count). The van der Waals surface area contributed by atoms with Gasteiger partial charge in [-0.25, -0.2) is 13.4 Å². The smallest absolute Gasteiger partial charge is 0.396 e. The van der Waals surface area contributed by atoms with E-state index < -0.39 is 21.7 Å². The highest BCUT2D eigenvalue weighted by atomic mass is 32.2. The van der Waals surface area contributed by atoms with Crippen molar-refractivity contribution in [3.63, 3.8) is 0 Å². The number of halogens is 3. The van der Waals surface area contributed by atoms with E-state index in [0.29, 0.717) is 12.8 Å². The van der Waals surface area contributed by atoms with Crippen LogP contribution in [0.2, 0.25) is 0 Å². The van der Waals surface area contributed by atoms with E-state index in [1.807, 2.05) is 0 Å². The first-order valence-electron chi connectivity index (χ1n) is 5.97. The Hall–Kier alpha value is -1.51. The maximum absolute atomic E-state index is 12.6. The average molecular weight is 309 g/mol. The molecule has 0 aliphatic carbocycles. The number of nitrogen functional groups attached to an aromatic ring is 1. The number of rotatable bonds is 2. The number of nitrogens with one attached hydrogen (secondary N) is 1. The normalized spacial score (nSPS) is 19.8. The first kappa shape index (κ1) is 14.9. The fourth-order valence-corrected chi connectivity index (χ4v) is 3.49. The summed E-state index contributed by atoms with van der Waals surface area (Å²) < 4.78 is 60.3. The highest BCUT2D eigenvalue weighted by molar-refractivity contribution is 7.91. The molecule has 1 aromatic rings. The summed E-state index contributed by atoms with van der Waals surface area (Å²) in [5.41, 5.74) is 4.80. The Labute approximate surface area is 114 Å². The molecule has 0 aromatic carbocycles. The number of sulfone groups is 1. The van der Waals surface area contributed by atoms with Crippen molar-refractivity contribution in [3.8, 4) is 0 Å². The third kappa shape index (κ3) is 3.53. The number of nitrogens with two attached hydrogens (primary N) is 1. The fourth-order valence-electron chi connectivity index (χ4n) is 2.00. The number of nitrogens with zero attached hydrogens (tertiary/aromatic N) is 1. The molecule has 20 heavy (non-hydrogen) atoms. The number of aromatic nitrogens is 1. The van der Waals surface area contributed by atoms with Crippen molar-refractivity contribution in [2.75, 3.05) is 22.6 Å². The van der Waals surface area contributed by atoms with Gasteiger partial charge in [-0.1, -0.05) is 0 Å². The number of alkyl halides is 3. The van der Waals surface area contributed by atoms with E-state index in [9.17, 15) is 21.6 Å². The van der Waals surface area contributed by atoms with Gasteiger partial charge in [0.05, 0.1) is 29.1 Å². The van der Waals surface area contributed by atoms with Crippen LogP contribution in [0.25, 0.3) is 0 Å². The molecule has 1 aliphatic heterocycles. The van der Waals surface area contributed by atoms with Gasteiger partial charge in [-0.3, -0.25) is 0 Å². The van der Waals surface area contributed by atoms with Gasteiger partial charge < -0.3 is 11.1 Å². The fraction of sp³-hybridized carbons (Fsp3) is 0.545. The number of anilines is 2. The predicted molar refractivity (Wildman–Crippen MR) is 68.9 cm³/mol. The molecule has 5 nitrogen and oxygen atoms in total. The van der Waals surface area contributed by atoms with Crippen LogP contribution in [0.1, 0.15) is 18.5 Å². The van der Waals surface area contributed by atoms with E-state index in [2.05, 4.69) is 10.3 Å². The van der Waals surface area contributed by atoms with Crippen LogP contribution in [0, 0.1) is 0 Å². The molecule has 1 fully saturated rings. The molecule has 0 radical (unpaired) electrons.